The van der Waals surface area contributed by atoms with Crippen molar-refractivity contribution < 1.29 is 4.39 Å². The van der Waals surface area contributed by atoms with Crippen molar-refractivity contribution in [2.75, 3.05) is 5.32 Å². The first-order chi connectivity index (χ1) is 11.1. The normalized spacial score (nSPS) is 16.6. The molecule has 1 atom stereocenters. The largest absolute Gasteiger partial charge is 0.370 e. The topological polar surface area (TPSA) is 85.3 Å². The maximum absolute atomic E-state index is 13.2. The summed E-state index contributed by atoms with van der Waals surface area (Å²) in [7, 11) is 0. The monoisotopic (exact) mass is 309 g/mol. The van der Waals surface area contributed by atoms with Crippen LogP contribution in [0.3, 0.4) is 0 Å². The number of halogens is 1. The molecule has 0 fully saturated rings. The highest BCUT2D eigenvalue weighted by Crippen LogP contribution is 2.29. The number of benzene rings is 2. The minimum atomic E-state index is -0.523. The molecule has 0 bridgehead atoms. The molecular weight excluding hydrogens is 297 g/mol. The van der Waals surface area contributed by atoms with Crippen molar-refractivity contribution in [3.8, 4) is 0 Å². The highest BCUT2D eigenvalue weighted by molar-refractivity contribution is 5.93. The van der Waals surface area contributed by atoms with Gasteiger partial charge in [0.05, 0.1) is 10.9 Å². The standard InChI is InChI=1S/C16H12FN5O/c17-10-7-5-9(6-8-10)13-19-15(18)21-16-20-14(23)11-3-1-2-4-12(11)22(13)16/h1-8,13H,(H3,18,19,20,21,23). The van der Waals surface area contributed by atoms with Crippen LogP contribution in [0.25, 0.3) is 10.9 Å². The number of rotatable bonds is 1. The van der Waals surface area contributed by atoms with Gasteiger partial charge in [-0.15, -0.1) is 0 Å². The van der Waals surface area contributed by atoms with E-state index in [1.807, 2.05) is 12.1 Å². The number of para-hydroxylation sites is 1. The van der Waals surface area contributed by atoms with E-state index >= 15 is 0 Å². The van der Waals surface area contributed by atoms with Crippen molar-refractivity contribution in [2.24, 2.45) is 10.7 Å². The molecule has 0 saturated carbocycles. The van der Waals surface area contributed by atoms with Crippen LogP contribution >= 0.6 is 0 Å². The van der Waals surface area contributed by atoms with Crippen LogP contribution in [0, 0.1) is 5.82 Å². The lowest BCUT2D eigenvalue weighted by atomic mass is 10.1. The van der Waals surface area contributed by atoms with Crippen LogP contribution in [-0.2, 0) is 0 Å². The SMILES string of the molecule is NC1=NC(c2ccc(F)cc2)n2c(nc(=O)c3ccccc32)N1. The van der Waals surface area contributed by atoms with E-state index in [2.05, 4.69) is 15.3 Å². The lowest BCUT2D eigenvalue weighted by Gasteiger charge is -2.27. The van der Waals surface area contributed by atoms with Gasteiger partial charge in [0.2, 0.25) is 5.95 Å². The van der Waals surface area contributed by atoms with E-state index in [0.717, 1.165) is 5.56 Å². The third kappa shape index (κ3) is 2.13. The number of nitrogens with zero attached hydrogens (tertiary/aromatic N) is 3. The summed E-state index contributed by atoms with van der Waals surface area (Å²) in [5, 5.41) is 3.30. The summed E-state index contributed by atoms with van der Waals surface area (Å²) in [5.74, 6) is 0.139. The van der Waals surface area contributed by atoms with E-state index in [1.165, 1.54) is 12.1 Å². The number of fused-ring (bicyclic) bond motifs is 3. The molecule has 3 N–H and O–H groups in total. The summed E-state index contributed by atoms with van der Waals surface area (Å²) in [6.45, 7) is 0. The molecule has 23 heavy (non-hydrogen) atoms. The molecule has 0 aliphatic carbocycles. The Kier molecular flexibility index (Phi) is 2.87. The Balaban J connectivity index is 2.03. The van der Waals surface area contributed by atoms with Gasteiger partial charge in [0.25, 0.3) is 5.56 Å². The highest BCUT2D eigenvalue weighted by atomic mass is 19.1. The van der Waals surface area contributed by atoms with Crippen molar-refractivity contribution >= 4 is 22.8 Å². The second kappa shape index (κ2) is 4.91. The van der Waals surface area contributed by atoms with Crippen LogP contribution in [-0.4, -0.2) is 15.5 Å². The molecule has 0 saturated heterocycles. The fraction of sp³-hybridized carbons (Fsp3) is 0.0625. The first-order valence-corrected chi connectivity index (χ1v) is 7.00. The van der Waals surface area contributed by atoms with Gasteiger partial charge in [-0.3, -0.25) is 14.7 Å². The Bertz CT molecular complexity index is 994. The minimum absolute atomic E-state index is 0.154. The summed E-state index contributed by atoms with van der Waals surface area (Å²) in [6, 6.07) is 13.1. The summed E-state index contributed by atoms with van der Waals surface area (Å²) in [4.78, 5) is 20.6. The number of anilines is 1. The molecular formula is C16H12FN5O. The van der Waals surface area contributed by atoms with E-state index in [9.17, 15) is 9.18 Å². The van der Waals surface area contributed by atoms with Crippen molar-refractivity contribution in [3.05, 3.63) is 70.3 Å². The van der Waals surface area contributed by atoms with Crippen molar-refractivity contribution in [3.63, 3.8) is 0 Å². The molecule has 4 rings (SSSR count). The predicted octanol–water partition coefficient (Wildman–Crippen LogP) is 1.82. The zero-order valence-electron chi connectivity index (χ0n) is 11.9. The Hall–Kier alpha value is -3.22. The Morgan fingerprint density at radius 1 is 1.13 bits per heavy atom. The van der Waals surface area contributed by atoms with Crippen LogP contribution in [0.4, 0.5) is 10.3 Å². The van der Waals surface area contributed by atoms with E-state index in [-0.39, 0.29) is 17.3 Å². The molecule has 0 amide bonds. The number of aliphatic imine (C=N–C) groups is 1. The van der Waals surface area contributed by atoms with Crippen LogP contribution in [0.2, 0.25) is 0 Å². The molecule has 0 spiro atoms. The molecule has 2 aromatic carbocycles. The number of nitrogens with one attached hydrogen (secondary N) is 1. The van der Waals surface area contributed by atoms with Crippen LogP contribution < -0.4 is 16.6 Å². The molecule has 114 valence electrons. The smallest absolute Gasteiger partial charge is 0.282 e. The second-order valence-electron chi connectivity index (χ2n) is 5.19. The number of nitrogens with two attached hydrogens (primary N) is 1. The molecule has 3 aromatic rings. The first-order valence-electron chi connectivity index (χ1n) is 7.00. The number of hydrogen-bond acceptors (Lipinski definition) is 5. The zero-order valence-corrected chi connectivity index (χ0v) is 11.9. The van der Waals surface area contributed by atoms with Gasteiger partial charge < -0.3 is 5.73 Å². The molecule has 7 heteroatoms. The Labute approximate surface area is 130 Å². The average Bonchev–Trinajstić information content (AvgIpc) is 2.55. The number of aromatic nitrogens is 2. The Morgan fingerprint density at radius 3 is 2.65 bits per heavy atom. The molecule has 6 nitrogen and oxygen atoms in total. The quantitative estimate of drug-likeness (QED) is 0.718. The number of hydrogen-bond donors (Lipinski definition) is 2. The second-order valence-corrected chi connectivity index (χ2v) is 5.19. The van der Waals surface area contributed by atoms with Crippen LogP contribution in [0.5, 0.6) is 0 Å². The van der Waals surface area contributed by atoms with Gasteiger partial charge in [-0.1, -0.05) is 24.3 Å². The maximum Gasteiger partial charge on any atom is 0.282 e. The van der Waals surface area contributed by atoms with Crippen molar-refractivity contribution in [2.45, 2.75) is 6.17 Å². The zero-order chi connectivity index (χ0) is 16.0. The van der Waals surface area contributed by atoms with Gasteiger partial charge in [0.1, 0.15) is 5.82 Å². The average molecular weight is 309 g/mol. The fourth-order valence-electron chi connectivity index (χ4n) is 2.72. The third-order valence-corrected chi connectivity index (χ3v) is 3.74. The van der Waals surface area contributed by atoms with E-state index in [0.29, 0.717) is 16.9 Å². The maximum atomic E-state index is 13.2. The van der Waals surface area contributed by atoms with Gasteiger partial charge in [0.15, 0.2) is 12.1 Å². The fourth-order valence-corrected chi connectivity index (χ4v) is 2.72. The molecule has 1 aromatic heterocycles. The summed E-state index contributed by atoms with van der Waals surface area (Å²) in [5.41, 5.74) is 6.89. The molecule has 1 aliphatic rings. The van der Waals surface area contributed by atoms with Gasteiger partial charge >= 0.3 is 0 Å². The third-order valence-electron chi connectivity index (χ3n) is 3.74. The molecule has 1 aliphatic heterocycles. The van der Waals surface area contributed by atoms with E-state index in [4.69, 9.17) is 5.73 Å². The van der Waals surface area contributed by atoms with E-state index < -0.39 is 6.17 Å². The van der Waals surface area contributed by atoms with E-state index in [1.54, 1.807) is 28.8 Å². The Morgan fingerprint density at radius 2 is 1.87 bits per heavy atom. The highest BCUT2D eigenvalue weighted by Gasteiger charge is 2.24. The van der Waals surface area contributed by atoms with Crippen molar-refractivity contribution in [1.82, 2.24) is 9.55 Å². The summed E-state index contributed by atoms with van der Waals surface area (Å²) < 4.78 is 15.0. The van der Waals surface area contributed by atoms with Crippen LogP contribution in [0.1, 0.15) is 11.7 Å². The predicted molar refractivity (Wildman–Crippen MR) is 85.8 cm³/mol. The molecule has 0 radical (unpaired) electrons. The lowest BCUT2D eigenvalue weighted by Crippen LogP contribution is -2.34. The van der Waals surface area contributed by atoms with Crippen molar-refractivity contribution in [1.29, 1.82) is 0 Å². The van der Waals surface area contributed by atoms with Gasteiger partial charge in [-0.25, -0.2) is 9.38 Å². The summed E-state index contributed by atoms with van der Waals surface area (Å²) >= 11 is 0. The summed E-state index contributed by atoms with van der Waals surface area (Å²) in [6.07, 6.45) is -0.523. The van der Waals surface area contributed by atoms with Gasteiger partial charge in [-0.05, 0) is 29.8 Å². The lowest BCUT2D eigenvalue weighted by molar-refractivity contribution is 0.604. The van der Waals surface area contributed by atoms with Gasteiger partial charge in [0, 0.05) is 0 Å². The number of guanidine groups is 1. The first kappa shape index (κ1) is 13.4. The minimum Gasteiger partial charge on any atom is -0.370 e. The molecule has 1 unspecified atom stereocenters. The molecule has 2 heterocycles. The van der Waals surface area contributed by atoms with Crippen LogP contribution in [0.15, 0.2) is 58.3 Å². The van der Waals surface area contributed by atoms with Gasteiger partial charge in [-0.2, -0.15) is 4.98 Å².